The van der Waals surface area contributed by atoms with Crippen molar-refractivity contribution in [2.45, 2.75) is 17.4 Å². The molecule has 0 aliphatic rings. The molecule has 1 aromatic carbocycles. The van der Waals surface area contributed by atoms with Crippen molar-refractivity contribution < 1.29 is 10.2 Å². The molecular weight excluding hydrogens is 236 g/mol. The van der Waals surface area contributed by atoms with E-state index in [1.54, 1.807) is 6.07 Å². The van der Waals surface area contributed by atoms with Crippen molar-refractivity contribution in [2.24, 2.45) is 0 Å². The minimum atomic E-state index is -1.19. The summed E-state index contributed by atoms with van der Waals surface area (Å²) in [4.78, 5) is 0.890. The summed E-state index contributed by atoms with van der Waals surface area (Å²) >= 11 is 1.50. The van der Waals surface area contributed by atoms with E-state index in [0.717, 1.165) is 4.90 Å². The van der Waals surface area contributed by atoms with Crippen LogP contribution >= 0.6 is 11.8 Å². The third kappa shape index (κ3) is 3.63. The molecule has 1 rings (SSSR count). The van der Waals surface area contributed by atoms with Crippen molar-refractivity contribution in [3.63, 3.8) is 0 Å². The first-order chi connectivity index (χ1) is 8.04. The fourth-order valence-corrected chi connectivity index (χ4v) is 1.88. The molecule has 0 radical (unpaired) electrons. The smallest absolute Gasteiger partial charge is 0.102 e. The summed E-state index contributed by atoms with van der Waals surface area (Å²) in [7, 11) is 0. The van der Waals surface area contributed by atoms with Gasteiger partial charge in [-0.3, -0.25) is 0 Å². The first-order valence-electron chi connectivity index (χ1n) is 5.18. The Morgan fingerprint density at radius 2 is 2.24 bits per heavy atom. The maximum absolute atomic E-state index is 9.67. The number of nitriles is 1. The summed E-state index contributed by atoms with van der Waals surface area (Å²) in [5, 5.41) is 30.7. The molecule has 0 aliphatic carbocycles. The number of nitrogens with one attached hydrogen (secondary N) is 1. The second kappa shape index (κ2) is 5.92. The zero-order valence-electron chi connectivity index (χ0n) is 9.90. The van der Waals surface area contributed by atoms with Crippen molar-refractivity contribution >= 4 is 17.4 Å². The second-order valence-corrected chi connectivity index (χ2v) is 4.85. The number of aliphatic hydroxyl groups excluding tert-OH is 1. The minimum absolute atomic E-state index is 0.190. The van der Waals surface area contributed by atoms with Crippen molar-refractivity contribution in [2.75, 3.05) is 24.7 Å². The van der Waals surface area contributed by atoms with E-state index in [9.17, 15) is 5.11 Å². The van der Waals surface area contributed by atoms with Gasteiger partial charge in [-0.1, -0.05) is 6.07 Å². The van der Waals surface area contributed by atoms with Crippen LogP contribution in [0.1, 0.15) is 12.5 Å². The lowest BCUT2D eigenvalue weighted by Gasteiger charge is -2.22. The number of rotatable bonds is 5. The molecule has 1 unspecified atom stereocenters. The predicted octanol–water partition coefficient (Wildman–Crippen LogP) is 1.44. The molecule has 17 heavy (non-hydrogen) atoms. The highest BCUT2D eigenvalue weighted by Crippen LogP contribution is 2.26. The lowest BCUT2D eigenvalue weighted by atomic mass is 10.1. The van der Waals surface area contributed by atoms with Crippen LogP contribution in [0.3, 0.4) is 0 Å². The molecule has 3 N–H and O–H groups in total. The van der Waals surface area contributed by atoms with E-state index < -0.39 is 5.60 Å². The number of hydrogen-bond acceptors (Lipinski definition) is 5. The first-order valence-corrected chi connectivity index (χ1v) is 6.41. The first kappa shape index (κ1) is 13.8. The Labute approximate surface area is 105 Å². The molecule has 1 aromatic rings. The van der Waals surface area contributed by atoms with Gasteiger partial charge in [-0.15, -0.1) is 11.8 Å². The quantitative estimate of drug-likeness (QED) is 0.691. The predicted molar refractivity (Wildman–Crippen MR) is 69.1 cm³/mol. The standard InChI is InChI=1S/C12H16N2O2S/c1-12(16,8-15)7-14-10-4-3-5-11(17-2)9(10)6-13/h3-5,14-16H,7-8H2,1-2H3. The Hall–Kier alpha value is -1.22. The number of thioether (sulfide) groups is 1. The molecule has 0 bridgehead atoms. The largest absolute Gasteiger partial charge is 0.393 e. The maximum atomic E-state index is 9.67. The van der Waals surface area contributed by atoms with Crippen LogP contribution in [0.5, 0.6) is 0 Å². The van der Waals surface area contributed by atoms with Gasteiger partial charge >= 0.3 is 0 Å². The normalized spacial score (nSPS) is 13.8. The highest BCUT2D eigenvalue weighted by Gasteiger charge is 2.19. The van der Waals surface area contributed by atoms with Crippen LogP contribution in [0.15, 0.2) is 23.1 Å². The van der Waals surface area contributed by atoms with Crippen LogP contribution in [0.4, 0.5) is 5.69 Å². The third-order valence-electron chi connectivity index (χ3n) is 2.36. The van der Waals surface area contributed by atoms with Crippen LogP contribution < -0.4 is 5.32 Å². The lowest BCUT2D eigenvalue weighted by molar-refractivity contribution is 0.0132. The van der Waals surface area contributed by atoms with Gasteiger partial charge in [0, 0.05) is 11.4 Å². The van der Waals surface area contributed by atoms with Crippen LogP contribution in [0, 0.1) is 11.3 Å². The molecule has 4 nitrogen and oxygen atoms in total. The third-order valence-corrected chi connectivity index (χ3v) is 3.14. The van der Waals surface area contributed by atoms with Gasteiger partial charge in [-0.25, -0.2) is 0 Å². The van der Waals surface area contributed by atoms with E-state index in [0.29, 0.717) is 11.3 Å². The Kier molecular flexibility index (Phi) is 4.82. The van der Waals surface area contributed by atoms with Gasteiger partial charge in [-0.2, -0.15) is 5.26 Å². The fourth-order valence-electron chi connectivity index (χ4n) is 1.31. The molecule has 5 heteroatoms. The zero-order chi connectivity index (χ0) is 12.9. The zero-order valence-corrected chi connectivity index (χ0v) is 10.7. The number of hydrogen-bond donors (Lipinski definition) is 3. The van der Waals surface area contributed by atoms with Crippen molar-refractivity contribution in [3.8, 4) is 6.07 Å². The molecule has 0 saturated carbocycles. The van der Waals surface area contributed by atoms with Gasteiger partial charge < -0.3 is 15.5 Å². The van der Waals surface area contributed by atoms with E-state index >= 15 is 0 Å². The SMILES string of the molecule is CSc1cccc(NCC(C)(O)CO)c1C#N. The van der Waals surface area contributed by atoms with Gasteiger partial charge in [-0.05, 0) is 25.3 Å². The maximum Gasteiger partial charge on any atom is 0.102 e. The van der Waals surface area contributed by atoms with Gasteiger partial charge in [0.25, 0.3) is 0 Å². The fraction of sp³-hybridized carbons (Fsp3) is 0.417. The van der Waals surface area contributed by atoms with Gasteiger partial charge in [0.15, 0.2) is 0 Å². The van der Waals surface area contributed by atoms with E-state index in [-0.39, 0.29) is 13.2 Å². The average Bonchev–Trinajstić information content (AvgIpc) is 2.35. The number of aliphatic hydroxyl groups is 2. The van der Waals surface area contributed by atoms with Gasteiger partial charge in [0.2, 0.25) is 0 Å². The molecule has 0 fully saturated rings. The molecule has 0 amide bonds. The summed E-state index contributed by atoms with van der Waals surface area (Å²) in [6.45, 7) is 1.39. The second-order valence-electron chi connectivity index (χ2n) is 4.00. The van der Waals surface area contributed by atoms with Gasteiger partial charge in [0.05, 0.1) is 17.9 Å². The molecule has 0 saturated heterocycles. The number of anilines is 1. The molecule has 0 spiro atoms. The lowest BCUT2D eigenvalue weighted by Crippen LogP contribution is -2.37. The highest BCUT2D eigenvalue weighted by atomic mass is 32.2. The van der Waals surface area contributed by atoms with Crippen LogP contribution in [0.25, 0.3) is 0 Å². The van der Waals surface area contributed by atoms with Crippen molar-refractivity contribution in [1.29, 1.82) is 5.26 Å². The molecule has 0 aromatic heterocycles. The topological polar surface area (TPSA) is 76.3 Å². The molecule has 1 atom stereocenters. The average molecular weight is 252 g/mol. The summed E-state index contributed by atoms with van der Waals surface area (Å²) in [5.41, 5.74) is 0.0454. The van der Waals surface area contributed by atoms with Gasteiger partial charge in [0.1, 0.15) is 11.7 Å². The Morgan fingerprint density at radius 1 is 1.53 bits per heavy atom. The van der Waals surface area contributed by atoms with Crippen molar-refractivity contribution in [3.05, 3.63) is 23.8 Å². The van der Waals surface area contributed by atoms with E-state index in [4.69, 9.17) is 10.4 Å². The Bertz CT molecular complexity index is 427. The highest BCUT2D eigenvalue weighted by molar-refractivity contribution is 7.98. The molecule has 0 aliphatic heterocycles. The summed E-state index contributed by atoms with van der Waals surface area (Å²) < 4.78 is 0. The van der Waals surface area contributed by atoms with Crippen molar-refractivity contribution in [1.82, 2.24) is 0 Å². The van der Waals surface area contributed by atoms with Crippen LogP contribution in [-0.4, -0.2) is 35.2 Å². The van der Waals surface area contributed by atoms with E-state index in [1.165, 1.54) is 18.7 Å². The van der Waals surface area contributed by atoms with E-state index in [2.05, 4.69) is 11.4 Å². The monoisotopic (exact) mass is 252 g/mol. The Morgan fingerprint density at radius 3 is 2.76 bits per heavy atom. The van der Waals surface area contributed by atoms with Crippen LogP contribution in [-0.2, 0) is 0 Å². The molecular formula is C12H16N2O2S. The Balaban J connectivity index is 2.89. The summed E-state index contributed by atoms with van der Waals surface area (Å²) in [5.74, 6) is 0. The summed E-state index contributed by atoms with van der Waals surface area (Å²) in [6.07, 6.45) is 1.91. The molecule has 0 heterocycles. The minimum Gasteiger partial charge on any atom is -0.393 e. The number of nitrogens with zero attached hydrogens (tertiary/aromatic N) is 1. The number of benzene rings is 1. The van der Waals surface area contributed by atoms with Crippen LogP contribution in [0.2, 0.25) is 0 Å². The summed E-state index contributed by atoms with van der Waals surface area (Å²) in [6, 6.07) is 7.65. The molecule has 92 valence electrons. The van der Waals surface area contributed by atoms with E-state index in [1.807, 2.05) is 18.4 Å².